The molecule has 1 aromatic rings. The van der Waals surface area contributed by atoms with Crippen LogP contribution in [0.15, 0.2) is 24.3 Å². The number of nitrogens with two attached hydrogens (primary N) is 1. The standard InChI is InChI=1S/C14H18N2O2S/c1-2-11(13(15)19)14(17)16-8-10-7-9-5-3-4-6-12(9)18-10/h3-6,10-11H,2,7-8H2,1H3,(H2,15,19)(H,16,17). The van der Waals surface area contributed by atoms with Gasteiger partial charge in [0.05, 0.1) is 17.5 Å². The quantitative estimate of drug-likeness (QED) is 0.800. The second kappa shape index (κ2) is 6.02. The fourth-order valence-corrected chi connectivity index (χ4v) is 2.49. The first-order valence-electron chi connectivity index (χ1n) is 6.43. The lowest BCUT2D eigenvalue weighted by atomic mass is 10.1. The molecule has 1 aromatic carbocycles. The van der Waals surface area contributed by atoms with E-state index in [2.05, 4.69) is 5.32 Å². The Bertz CT molecular complexity index is 465. The minimum absolute atomic E-state index is 0.00907. The molecule has 0 aromatic heterocycles. The summed E-state index contributed by atoms with van der Waals surface area (Å²) in [6, 6.07) is 7.92. The molecule has 0 aliphatic carbocycles. The Kier molecular flexibility index (Phi) is 4.37. The number of carbonyl (C=O) groups is 1. The summed E-state index contributed by atoms with van der Waals surface area (Å²) in [5.74, 6) is 0.400. The second-order valence-corrected chi connectivity index (χ2v) is 5.13. The minimum Gasteiger partial charge on any atom is -0.488 e. The first-order valence-corrected chi connectivity index (χ1v) is 6.84. The zero-order chi connectivity index (χ0) is 13.8. The van der Waals surface area contributed by atoms with Gasteiger partial charge in [-0.1, -0.05) is 37.3 Å². The maximum Gasteiger partial charge on any atom is 0.230 e. The molecule has 0 spiro atoms. The summed E-state index contributed by atoms with van der Waals surface area (Å²) < 4.78 is 5.75. The summed E-state index contributed by atoms with van der Waals surface area (Å²) >= 11 is 4.88. The smallest absolute Gasteiger partial charge is 0.230 e. The van der Waals surface area contributed by atoms with Crippen molar-refractivity contribution in [3.05, 3.63) is 29.8 Å². The van der Waals surface area contributed by atoms with E-state index in [-0.39, 0.29) is 17.0 Å². The highest BCUT2D eigenvalue weighted by molar-refractivity contribution is 7.80. The van der Waals surface area contributed by atoms with Crippen LogP contribution in [0.25, 0.3) is 0 Å². The van der Waals surface area contributed by atoms with E-state index in [1.165, 1.54) is 5.56 Å². The number of hydrogen-bond acceptors (Lipinski definition) is 3. The van der Waals surface area contributed by atoms with Crippen molar-refractivity contribution in [3.63, 3.8) is 0 Å². The molecular weight excluding hydrogens is 260 g/mol. The van der Waals surface area contributed by atoms with Crippen LogP contribution in [0.2, 0.25) is 0 Å². The Morgan fingerprint density at radius 1 is 1.58 bits per heavy atom. The number of para-hydroxylation sites is 1. The molecule has 4 nitrogen and oxygen atoms in total. The van der Waals surface area contributed by atoms with Gasteiger partial charge in [0, 0.05) is 6.42 Å². The van der Waals surface area contributed by atoms with Crippen molar-refractivity contribution in [2.75, 3.05) is 6.54 Å². The average Bonchev–Trinajstić information content (AvgIpc) is 2.79. The van der Waals surface area contributed by atoms with Gasteiger partial charge in [0.25, 0.3) is 0 Å². The normalized spacial score (nSPS) is 18.3. The summed E-state index contributed by atoms with van der Waals surface area (Å²) in [6.07, 6.45) is 1.43. The number of ether oxygens (including phenoxy) is 1. The zero-order valence-electron chi connectivity index (χ0n) is 10.9. The Morgan fingerprint density at radius 3 is 2.95 bits per heavy atom. The number of nitrogens with one attached hydrogen (secondary N) is 1. The predicted molar refractivity (Wildman–Crippen MR) is 78.1 cm³/mol. The molecule has 2 unspecified atom stereocenters. The molecule has 1 aliphatic rings. The van der Waals surface area contributed by atoms with Gasteiger partial charge in [-0.25, -0.2) is 0 Å². The number of hydrogen-bond donors (Lipinski definition) is 2. The van der Waals surface area contributed by atoms with Crippen LogP contribution in [-0.2, 0) is 11.2 Å². The fraction of sp³-hybridized carbons (Fsp3) is 0.429. The summed E-state index contributed by atoms with van der Waals surface area (Å²) in [7, 11) is 0. The van der Waals surface area contributed by atoms with Crippen LogP contribution >= 0.6 is 12.2 Å². The van der Waals surface area contributed by atoms with E-state index in [1.807, 2.05) is 31.2 Å². The number of rotatable bonds is 5. The molecule has 0 saturated heterocycles. The van der Waals surface area contributed by atoms with Crippen LogP contribution in [0.3, 0.4) is 0 Å². The van der Waals surface area contributed by atoms with Gasteiger partial charge in [-0.2, -0.15) is 0 Å². The van der Waals surface area contributed by atoms with Gasteiger partial charge in [-0.3, -0.25) is 4.79 Å². The number of amides is 1. The third kappa shape index (κ3) is 3.23. The number of thiocarbonyl (C=S) groups is 1. The van der Waals surface area contributed by atoms with Gasteiger partial charge in [0.1, 0.15) is 11.9 Å². The maximum absolute atomic E-state index is 11.9. The van der Waals surface area contributed by atoms with E-state index < -0.39 is 5.92 Å². The molecule has 19 heavy (non-hydrogen) atoms. The van der Waals surface area contributed by atoms with Crippen molar-refractivity contribution in [2.24, 2.45) is 11.7 Å². The Labute approximate surface area is 118 Å². The van der Waals surface area contributed by atoms with Gasteiger partial charge in [-0.15, -0.1) is 0 Å². The van der Waals surface area contributed by atoms with Crippen molar-refractivity contribution < 1.29 is 9.53 Å². The monoisotopic (exact) mass is 278 g/mol. The molecule has 0 fully saturated rings. The SMILES string of the molecule is CCC(C(=O)NCC1Cc2ccccc2O1)C(N)=S. The predicted octanol–water partition coefficient (Wildman–Crippen LogP) is 1.42. The Morgan fingerprint density at radius 2 is 2.32 bits per heavy atom. The van der Waals surface area contributed by atoms with Crippen LogP contribution in [0.4, 0.5) is 0 Å². The van der Waals surface area contributed by atoms with Gasteiger partial charge >= 0.3 is 0 Å². The van der Waals surface area contributed by atoms with E-state index in [9.17, 15) is 4.79 Å². The average molecular weight is 278 g/mol. The van der Waals surface area contributed by atoms with Crippen LogP contribution in [-0.4, -0.2) is 23.5 Å². The van der Waals surface area contributed by atoms with E-state index in [1.54, 1.807) is 0 Å². The maximum atomic E-state index is 11.9. The molecule has 2 atom stereocenters. The molecule has 1 amide bonds. The molecule has 3 N–H and O–H groups in total. The van der Waals surface area contributed by atoms with Gasteiger partial charge in [0.2, 0.25) is 5.91 Å². The molecule has 1 heterocycles. The molecule has 0 radical (unpaired) electrons. The molecule has 102 valence electrons. The summed E-state index contributed by atoms with van der Waals surface area (Å²) in [4.78, 5) is 12.2. The highest BCUT2D eigenvalue weighted by Gasteiger charge is 2.25. The highest BCUT2D eigenvalue weighted by atomic mass is 32.1. The summed E-state index contributed by atoms with van der Waals surface area (Å²) in [5, 5.41) is 2.86. The van der Waals surface area contributed by atoms with Crippen LogP contribution in [0.5, 0.6) is 5.75 Å². The molecule has 0 saturated carbocycles. The van der Waals surface area contributed by atoms with E-state index in [0.29, 0.717) is 13.0 Å². The summed E-state index contributed by atoms with van der Waals surface area (Å²) in [5.41, 5.74) is 6.72. The van der Waals surface area contributed by atoms with Gasteiger partial charge < -0.3 is 15.8 Å². The number of fused-ring (bicyclic) bond motifs is 1. The van der Waals surface area contributed by atoms with E-state index >= 15 is 0 Å². The van der Waals surface area contributed by atoms with Gasteiger partial charge in [-0.05, 0) is 18.1 Å². The van der Waals surface area contributed by atoms with Crippen molar-refractivity contribution in [1.82, 2.24) is 5.32 Å². The molecule has 2 rings (SSSR count). The molecular formula is C14H18N2O2S. The Hall–Kier alpha value is -1.62. The molecule has 0 bridgehead atoms. The van der Waals surface area contributed by atoms with Crippen LogP contribution < -0.4 is 15.8 Å². The number of carbonyl (C=O) groups excluding carboxylic acids is 1. The third-order valence-electron chi connectivity index (χ3n) is 3.29. The molecule has 1 aliphatic heterocycles. The van der Waals surface area contributed by atoms with Crippen molar-refractivity contribution in [2.45, 2.75) is 25.9 Å². The molecule has 5 heteroatoms. The van der Waals surface area contributed by atoms with Gasteiger partial charge in [0.15, 0.2) is 0 Å². The van der Waals surface area contributed by atoms with E-state index in [0.717, 1.165) is 12.2 Å². The fourth-order valence-electron chi connectivity index (χ4n) is 2.22. The zero-order valence-corrected chi connectivity index (χ0v) is 11.7. The van der Waals surface area contributed by atoms with Crippen LogP contribution in [0.1, 0.15) is 18.9 Å². The van der Waals surface area contributed by atoms with E-state index in [4.69, 9.17) is 22.7 Å². The number of benzene rings is 1. The third-order valence-corrected chi connectivity index (χ3v) is 3.57. The lowest BCUT2D eigenvalue weighted by Crippen LogP contribution is -2.41. The van der Waals surface area contributed by atoms with Crippen molar-refractivity contribution in [3.8, 4) is 5.75 Å². The minimum atomic E-state index is -0.390. The second-order valence-electron chi connectivity index (χ2n) is 4.66. The summed E-state index contributed by atoms with van der Waals surface area (Å²) in [6.45, 7) is 2.37. The topological polar surface area (TPSA) is 64.3 Å². The van der Waals surface area contributed by atoms with Crippen molar-refractivity contribution >= 4 is 23.1 Å². The Balaban J connectivity index is 1.85. The first kappa shape index (κ1) is 13.8. The first-order chi connectivity index (χ1) is 9.11. The highest BCUT2D eigenvalue weighted by Crippen LogP contribution is 2.27. The lowest BCUT2D eigenvalue weighted by Gasteiger charge is -2.16. The van der Waals surface area contributed by atoms with Crippen LogP contribution in [0, 0.1) is 5.92 Å². The largest absolute Gasteiger partial charge is 0.488 e. The van der Waals surface area contributed by atoms with Crippen molar-refractivity contribution in [1.29, 1.82) is 0 Å². The lowest BCUT2D eigenvalue weighted by molar-refractivity contribution is -0.123.